The third-order valence-electron chi connectivity index (χ3n) is 16.6. The number of piperidine rings is 1. The number of esters is 1. The highest BCUT2D eigenvalue weighted by atomic mass is 16.6. The molecule has 4 N–H and O–H groups in total. The number of hydrogen-bond acceptors (Lipinski definition) is 18. The van der Waals surface area contributed by atoms with Crippen LogP contribution in [0.3, 0.4) is 0 Å². The van der Waals surface area contributed by atoms with Crippen LogP contribution >= 0.6 is 0 Å². The number of alkyl carbamates (subject to hydrolysis) is 1. The van der Waals surface area contributed by atoms with Crippen LogP contribution in [-0.2, 0) is 66.5 Å². The Labute approximate surface area is 481 Å². The molecule has 4 rings (SSSR count). The third-order valence-corrected chi connectivity index (χ3v) is 16.6. The van der Waals surface area contributed by atoms with E-state index in [9.17, 15) is 39.3 Å². The second-order valence-electron chi connectivity index (χ2n) is 22.9. The van der Waals surface area contributed by atoms with E-state index < -0.39 is 102 Å². The van der Waals surface area contributed by atoms with Gasteiger partial charge in [-0.05, 0) is 107 Å². The van der Waals surface area contributed by atoms with E-state index >= 15 is 0 Å². The summed E-state index contributed by atoms with van der Waals surface area (Å²) in [4.78, 5) is 71.4. The molecule has 0 unspecified atom stereocenters. The minimum absolute atomic E-state index is 0.00788. The van der Waals surface area contributed by atoms with Gasteiger partial charge in [0.1, 0.15) is 30.5 Å². The van der Waals surface area contributed by atoms with Gasteiger partial charge < -0.3 is 72.9 Å². The van der Waals surface area contributed by atoms with Crippen LogP contribution in [0.1, 0.15) is 126 Å². The van der Waals surface area contributed by atoms with Gasteiger partial charge >= 0.3 is 12.1 Å². The number of amides is 2. The van der Waals surface area contributed by atoms with Gasteiger partial charge in [-0.3, -0.25) is 14.4 Å². The number of nitrogens with one attached hydrogen (secondary N) is 1. The predicted octanol–water partition coefficient (Wildman–Crippen LogP) is 6.40. The fourth-order valence-electron chi connectivity index (χ4n) is 11.5. The number of ether oxygens (including phenoxy) is 10. The second kappa shape index (κ2) is 36.0. The number of carbonyl (C=O) groups is 5. The first-order chi connectivity index (χ1) is 38.7. The lowest BCUT2D eigenvalue weighted by atomic mass is 9.78. The monoisotopic (exact) mass is 1150 g/mol. The van der Waals surface area contributed by atoms with Crippen LogP contribution in [0.4, 0.5) is 4.79 Å². The highest BCUT2D eigenvalue weighted by molar-refractivity contribution is 6.39. The van der Waals surface area contributed by atoms with Gasteiger partial charge in [0.2, 0.25) is 5.79 Å². The average molecular weight is 1150 g/mol. The fourth-order valence-corrected chi connectivity index (χ4v) is 11.5. The van der Waals surface area contributed by atoms with E-state index in [0.717, 1.165) is 5.57 Å². The molecule has 0 aromatic carbocycles. The van der Waals surface area contributed by atoms with Gasteiger partial charge in [-0.15, -0.1) is 0 Å². The zero-order chi connectivity index (χ0) is 59.6. The predicted molar refractivity (Wildman–Crippen MR) is 303 cm³/mol. The molecule has 1 aliphatic carbocycles. The van der Waals surface area contributed by atoms with Crippen LogP contribution in [0, 0.1) is 35.5 Å². The molecule has 0 aromatic rings. The molecular formula is C61H100N2O18. The van der Waals surface area contributed by atoms with Gasteiger partial charge in [0.25, 0.3) is 11.7 Å². The van der Waals surface area contributed by atoms with E-state index in [1.165, 1.54) is 12.0 Å². The molecule has 16 atom stereocenters. The molecule has 462 valence electrons. The van der Waals surface area contributed by atoms with Gasteiger partial charge in [-0.25, -0.2) is 9.59 Å². The number of nitrogens with zero attached hydrogens (tertiary/aromatic N) is 1. The Morgan fingerprint density at radius 2 is 1.47 bits per heavy atom. The number of allylic oxidation sites excluding steroid dienone is 5. The molecule has 2 amide bonds. The fraction of sp³-hybridized carbons (Fsp3) is 0.787. The molecule has 81 heavy (non-hydrogen) atoms. The molecule has 20 heteroatoms. The van der Waals surface area contributed by atoms with Crippen molar-refractivity contribution in [1.29, 1.82) is 0 Å². The highest BCUT2D eigenvalue weighted by Crippen LogP contribution is 2.38. The van der Waals surface area contributed by atoms with Crippen molar-refractivity contribution in [3.63, 3.8) is 0 Å². The van der Waals surface area contributed by atoms with Crippen LogP contribution in [0.25, 0.3) is 0 Å². The second-order valence-corrected chi connectivity index (χ2v) is 22.9. The quantitative estimate of drug-likeness (QED) is 0.0472. The van der Waals surface area contributed by atoms with Crippen molar-refractivity contribution in [2.45, 2.75) is 186 Å². The molecule has 1 saturated carbocycles. The van der Waals surface area contributed by atoms with E-state index in [1.54, 1.807) is 48.2 Å². The lowest BCUT2D eigenvalue weighted by molar-refractivity contribution is -0.265. The maximum absolute atomic E-state index is 14.7. The first kappa shape index (κ1) is 69.6. The summed E-state index contributed by atoms with van der Waals surface area (Å²) in [6.45, 7) is 16.0. The van der Waals surface area contributed by atoms with Gasteiger partial charge in [0, 0.05) is 72.1 Å². The molecule has 3 aliphatic heterocycles. The van der Waals surface area contributed by atoms with Crippen LogP contribution < -0.4 is 5.32 Å². The summed E-state index contributed by atoms with van der Waals surface area (Å²) in [6.07, 6.45) is 9.40. The lowest BCUT2D eigenvalue weighted by Gasteiger charge is -2.43. The van der Waals surface area contributed by atoms with E-state index in [-0.39, 0.29) is 56.1 Å². The summed E-state index contributed by atoms with van der Waals surface area (Å²) in [5.41, 5.74) is 1.29. The van der Waals surface area contributed by atoms with E-state index in [4.69, 9.17) is 47.4 Å². The summed E-state index contributed by atoms with van der Waals surface area (Å²) in [5, 5.41) is 38.4. The van der Waals surface area contributed by atoms with Crippen molar-refractivity contribution < 1.29 is 86.7 Å². The van der Waals surface area contributed by atoms with Crippen LogP contribution in [0.15, 0.2) is 47.6 Å². The first-order valence-corrected chi connectivity index (χ1v) is 29.5. The van der Waals surface area contributed by atoms with Crippen LogP contribution in [0.2, 0.25) is 0 Å². The smallest absolute Gasteiger partial charge is 0.407 e. The van der Waals surface area contributed by atoms with Crippen molar-refractivity contribution >= 4 is 29.5 Å². The van der Waals surface area contributed by atoms with Crippen molar-refractivity contribution in [2.24, 2.45) is 35.5 Å². The summed E-state index contributed by atoms with van der Waals surface area (Å²) in [6, 6.07) is -1.16. The minimum Gasteiger partial charge on any atom is -0.460 e. The summed E-state index contributed by atoms with van der Waals surface area (Å²) in [5.74, 6) is -7.72. The standard InChI is InChI=1S/C61H100N2O18/c1-39-17-13-12-14-18-40(2)51(73-9)37-47-22-20-45(7)61(71,81-47)57(67)58(68)63-25-16-15-19-48(63)59(69)79-52(38-49(64)41(3)34-44(6)55(66)56(75-11)54(65)43(5)33-39)42(4)35-46-21-23-50(53(36-46)74-10)80-60(70)62-24-26-76-29-30-78-32-31-77-28-27-72-8/h12-14,17-18,34,39,41-43,45-53,55-56,64,66,71H,15-16,19-33,35-38H2,1-11H3,(H,62,70)/b14-12+,17-13+,40-18+,44-34+/t39-,41-,42-,43-,45-,46+,47+,48+,49-,50-,51+,52+,53-,55-,56+,61-/m1/s1. The largest absolute Gasteiger partial charge is 0.460 e. The Kier molecular flexibility index (Phi) is 30.9. The van der Waals surface area contributed by atoms with Gasteiger partial charge in [0.05, 0.1) is 70.7 Å². The van der Waals surface area contributed by atoms with Crippen molar-refractivity contribution in [3.05, 3.63) is 47.6 Å². The Bertz CT molecular complexity index is 2070. The number of aliphatic hydroxyl groups excluding tert-OH is 2. The number of aliphatic hydroxyl groups is 3. The highest BCUT2D eigenvalue weighted by Gasteiger charge is 2.53. The number of carbonyl (C=O) groups excluding carboxylic acids is 5. The molecule has 0 spiro atoms. The minimum atomic E-state index is -2.45. The maximum Gasteiger partial charge on any atom is 0.407 e. The summed E-state index contributed by atoms with van der Waals surface area (Å²) < 4.78 is 57.2. The SMILES string of the molecule is COCCOCCOCCOCCNC(=O)O[C@@H]1CC[C@@H](C[C@@H](C)[C@@H]2C[C@@H](O)[C@H](C)/C=C(\C)[C@@H](O)[C@@H](OC)C(=O)[C@H](C)C[C@H](C)/C=C/C=C/C=C(\C)[C@@H](OC)C[C@@H]3CC[C@@H](C)[C@@](O)(O3)C(=O)C(=O)N3CCCC[C@H]3C(=O)O2)C[C@H]1OC. The Morgan fingerprint density at radius 3 is 2.14 bits per heavy atom. The van der Waals surface area contributed by atoms with Crippen LogP contribution in [0.5, 0.6) is 0 Å². The maximum atomic E-state index is 14.7. The van der Waals surface area contributed by atoms with Crippen molar-refractivity contribution in [1.82, 2.24) is 10.2 Å². The number of cyclic esters (lactones) is 1. The molecule has 0 aromatic heterocycles. The number of methoxy groups -OCH3 is 4. The average Bonchev–Trinajstić information content (AvgIpc) is 3.56. The summed E-state index contributed by atoms with van der Waals surface area (Å²) >= 11 is 0. The zero-order valence-electron chi connectivity index (χ0n) is 50.4. The molecular weight excluding hydrogens is 1050 g/mol. The lowest BCUT2D eigenvalue weighted by Crippen LogP contribution is -2.61. The molecule has 0 radical (unpaired) electrons. The van der Waals surface area contributed by atoms with E-state index in [0.29, 0.717) is 109 Å². The molecule has 3 heterocycles. The Hall–Kier alpha value is -3.93. The molecule has 2 saturated heterocycles. The topological polar surface area (TPSA) is 254 Å². The van der Waals surface area contributed by atoms with Gasteiger partial charge in [0.15, 0.2) is 5.78 Å². The Balaban J connectivity index is 1.55. The molecule has 20 nitrogen and oxygen atoms in total. The van der Waals surface area contributed by atoms with Gasteiger partial charge in [-0.2, -0.15) is 0 Å². The van der Waals surface area contributed by atoms with Crippen LogP contribution in [-0.4, -0.2) is 198 Å². The third kappa shape index (κ3) is 21.9. The number of Topliss-reactive ketones (excluding diaryl/α,β-unsaturated/α-hetero) is 2. The Morgan fingerprint density at radius 1 is 0.778 bits per heavy atom. The molecule has 2 bridgehead atoms. The van der Waals surface area contributed by atoms with E-state index in [2.05, 4.69) is 5.32 Å². The first-order valence-electron chi connectivity index (χ1n) is 29.5. The van der Waals surface area contributed by atoms with Crippen molar-refractivity contribution in [2.75, 3.05) is 87.8 Å². The molecule has 3 fully saturated rings. The number of hydrogen-bond donors (Lipinski definition) is 4. The molecule has 4 aliphatic rings. The number of ketones is 2. The van der Waals surface area contributed by atoms with Crippen molar-refractivity contribution in [3.8, 4) is 0 Å². The number of rotatable bonds is 19. The summed E-state index contributed by atoms with van der Waals surface area (Å²) in [7, 11) is 6.15. The van der Waals surface area contributed by atoms with E-state index in [1.807, 2.05) is 58.1 Å². The number of fused-ring (bicyclic) bond motifs is 3. The zero-order valence-corrected chi connectivity index (χ0v) is 50.4. The normalized spacial score (nSPS) is 35.6. The van der Waals surface area contributed by atoms with Gasteiger partial charge in [-0.1, -0.05) is 71.1 Å².